The van der Waals surface area contributed by atoms with E-state index < -0.39 is 6.04 Å². The molecular formula is C20H27N5O2. The number of hydrogen-bond donors (Lipinski definition) is 3. The smallest absolute Gasteiger partial charge is 0.251 e. The summed E-state index contributed by atoms with van der Waals surface area (Å²) in [6.07, 6.45) is 2.69. The first-order valence-electron chi connectivity index (χ1n) is 9.76. The van der Waals surface area contributed by atoms with Crippen molar-refractivity contribution in [3.63, 3.8) is 0 Å². The van der Waals surface area contributed by atoms with E-state index in [1.807, 2.05) is 19.9 Å². The third-order valence-electron chi connectivity index (χ3n) is 6.00. The first kappa shape index (κ1) is 18.0. The average molecular weight is 369 g/mol. The summed E-state index contributed by atoms with van der Waals surface area (Å²) < 4.78 is 1.74. The highest BCUT2D eigenvalue weighted by atomic mass is 16.2. The quantitative estimate of drug-likeness (QED) is 0.690. The number of pyridine rings is 1. The van der Waals surface area contributed by atoms with Crippen LogP contribution in [-0.2, 0) is 11.2 Å². The van der Waals surface area contributed by atoms with Gasteiger partial charge in [0.2, 0.25) is 5.91 Å². The topological polar surface area (TPSA) is 91.8 Å². The molecule has 2 aromatic rings. The molecule has 1 amide bonds. The molecule has 7 heteroatoms. The minimum absolute atomic E-state index is 0.0441. The average Bonchev–Trinajstić information content (AvgIpc) is 2.98. The van der Waals surface area contributed by atoms with Crippen molar-refractivity contribution < 1.29 is 4.79 Å². The van der Waals surface area contributed by atoms with Gasteiger partial charge in [0.25, 0.3) is 5.56 Å². The molecule has 2 aliphatic rings. The van der Waals surface area contributed by atoms with Crippen LogP contribution < -0.4 is 16.2 Å². The Bertz CT molecular complexity index is 881. The molecule has 0 radical (unpaired) electrons. The van der Waals surface area contributed by atoms with E-state index >= 15 is 0 Å². The van der Waals surface area contributed by atoms with Gasteiger partial charge >= 0.3 is 0 Å². The number of carbonyl (C=O) groups is 1. The molecule has 3 atom stereocenters. The van der Waals surface area contributed by atoms with E-state index in [2.05, 4.69) is 20.8 Å². The number of fused-ring (bicyclic) bond motifs is 4. The highest BCUT2D eigenvalue weighted by Crippen LogP contribution is 2.38. The maximum absolute atomic E-state index is 13.0. The summed E-state index contributed by atoms with van der Waals surface area (Å²) in [4.78, 5) is 25.5. The Morgan fingerprint density at radius 1 is 1.33 bits per heavy atom. The van der Waals surface area contributed by atoms with Crippen molar-refractivity contribution in [1.82, 2.24) is 25.4 Å². The highest BCUT2D eigenvalue weighted by Gasteiger charge is 2.41. The molecule has 1 fully saturated rings. The van der Waals surface area contributed by atoms with Gasteiger partial charge in [-0.1, -0.05) is 6.07 Å². The number of piperidine rings is 1. The van der Waals surface area contributed by atoms with Crippen molar-refractivity contribution in [2.24, 2.45) is 5.92 Å². The Kier molecular flexibility index (Phi) is 4.86. The zero-order chi connectivity index (χ0) is 19.0. The zero-order valence-corrected chi connectivity index (χ0v) is 15.9. The van der Waals surface area contributed by atoms with Gasteiger partial charge in [-0.2, -0.15) is 5.10 Å². The number of aryl methyl sites for hydroxylation is 2. The predicted octanol–water partition coefficient (Wildman–Crippen LogP) is 1.19. The van der Waals surface area contributed by atoms with E-state index in [0.29, 0.717) is 12.5 Å². The highest BCUT2D eigenvalue weighted by molar-refractivity contribution is 5.81. The van der Waals surface area contributed by atoms with Gasteiger partial charge in [-0.25, -0.2) is 0 Å². The Morgan fingerprint density at radius 2 is 2.19 bits per heavy atom. The monoisotopic (exact) mass is 369 g/mol. The molecule has 0 spiro atoms. The molecule has 0 aliphatic carbocycles. The number of aromatic amines is 1. The number of H-pyrrole nitrogens is 1. The van der Waals surface area contributed by atoms with Crippen molar-refractivity contribution in [2.75, 3.05) is 19.6 Å². The van der Waals surface area contributed by atoms with Crippen LogP contribution in [-0.4, -0.2) is 40.3 Å². The van der Waals surface area contributed by atoms with Crippen LogP contribution in [0.2, 0.25) is 0 Å². The van der Waals surface area contributed by atoms with Crippen molar-refractivity contribution in [3.8, 4) is 0 Å². The SMILES string of the molecule is Cc1n[nH]c(C)c1CCCNC(=O)[C@H]1[C@@H]2CNC[C@@H](C2)c2cccc(=O)n21. The van der Waals surface area contributed by atoms with Crippen molar-refractivity contribution >= 4 is 5.91 Å². The van der Waals surface area contributed by atoms with Crippen LogP contribution in [0.3, 0.4) is 0 Å². The van der Waals surface area contributed by atoms with Gasteiger partial charge in [0.1, 0.15) is 6.04 Å². The van der Waals surface area contributed by atoms with Gasteiger partial charge in [-0.15, -0.1) is 0 Å². The van der Waals surface area contributed by atoms with Crippen LogP contribution >= 0.6 is 0 Å². The van der Waals surface area contributed by atoms with Crippen LogP contribution in [0.15, 0.2) is 23.0 Å². The first-order valence-corrected chi connectivity index (χ1v) is 9.76. The molecule has 2 bridgehead atoms. The fraction of sp³-hybridized carbons (Fsp3) is 0.550. The lowest BCUT2D eigenvalue weighted by Crippen LogP contribution is -2.52. The van der Waals surface area contributed by atoms with E-state index in [4.69, 9.17) is 0 Å². The van der Waals surface area contributed by atoms with E-state index in [-0.39, 0.29) is 17.4 Å². The summed E-state index contributed by atoms with van der Waals surface area (Å²) in [6, 6.07) is 4.92. The largest absolute Gasteiger partial charge is 0.354 e. The summed E-state index contributed by atoms with van der Waals surface area (Å²) in [5.41, 5.74) is 4.24. The van der Waals surface area contributed by atoms with Crippen LogP contribution in [0.4, 0.5) is 0 Å². The summed E-state index contributed by atoms with van der Waals surface area (Å²) in [6.45, 7) is 6.27. The molecule has 1 saturated heterocycles. The molecule has 0 unspecified atom stereocenters. The first-order chi connectivity index (χ1) is 13.1. The van der Waals surface area contributed by atoms with Gasteiger partial charge < -0.3 is 10.6 Å². The number of carbonyl (C=O) groups excluding carboxylic acids is 1. The second kappa shape index (κ2) is 7.31. The van der Waals surface area contributed by atoms with Crippen molar-refractivity contribution in [1.29, 1.82) is 0 Å². The van der Waals surface area contributed by atoms with Crippen molar-refractivity contribution in [3.05, 3.63) is 51.2 Å². The maximum atomic E-state index is 13.0. The molecule has 0 aromatic carbocycles. The minimum Gasteiger partial charge on any atom is -0.354 e. The van der Waals surface area contributed by atoms with E-state index in [1.165, 1.54) is 5.56 Å². The zero-order valence-electron chi connectivity index (χ0n) is 15.9. The van der Waals surface area contributed by atoms with Gasteiger partial charge in [-0.05, 0) is 44.7 Å². The normalized spacial score (nSPS) is 23.7. The molecule has 3 N–H and O–H groups in total. The Labute approximate surface area is 158 Å². The number of rotatable bonds is 5. The van der Waals surface area contributed by atoms with E-state index in [1.54, 1.807) is 16.7 Å². The number of aromatic nitrogens is 3. The number of nitrogens with zero attached hydrogens (tertiary/aromatic N) is 2. The van der Waals surface area contributed by atoms with Gasteiger partial charge in [0.05, 0.1) is 5.69 Å². The fourth-order valence-corrected chi connectivity index (χ4v) is 4.65. The lowest BCUT2D eigenvalue weighted by Gasteiger charge is -2.42. The third kappa shape index (κ3) is 3.32. The number of amides is 1. The summed E-state index contributed by atoms with van der Waals surface area (Å²) in [5, 5.41) is 13.7. The fourth-order valence-electron chi connectivity index (χ4n) is 4.65. The van der Waals surface area contributed by atoms with Crippen LogP contribution in [0, 0.1) is 19.8 Å². The lowest BCUT2D eigenvalue weighted by molar-refractivity contribution is -0.127. The second-order valence-electron chi connectivity index (χ2n) is 7.76. The minimum atomic E-state index is -0.421. The second-order valence-corrected chi connectivity index (χ2v) is 7.76. The van der Waals surface area contributed by atoms with Crippen LogP contribution in [0.25, 0.3) is 0 Å². The van der Waals surface area contributed by atoms with Gasteiger partial charge in [0.15, 0.2) is 0 Å². The summed E-state index contributed by atoms with van der Waals surface area (Å²) in [7, 11) is 0. The van der Waals surface area contributed by atoms with Crippen LogP contribution in [0.5, 0.6) is 0 Å². The molecule has 144 valence electrons. The molecule has 4 heterocycles. The van der Waals surface area contributed by atoms with Gasteiger partial charge in [-0.3, -0.25) is 19.3 Å². The molecule has 0 saturated carbocycles. The molecular weight excluding hydrogens is 342 g/mol. The Balaban J connectivity index is 1.45. The molecule has 2 aliphatic heterocycles. The maximum Gasteiger partial charge on any atom is 0.251 e. The van der Waals surface area contributed by atoms with E-state index in [9.17, 15) is 9.59 Å². The Morgan fingerprint density at radius 3 is 2.96 bits per heavy atom. The molecule has 7 nitrogen and oxygen atoms in total. The van der Waals surface area contributed by atoms with Gasteiger partial charge in [0, 0.05) is 48.9 Å². The van der Waals surface area contributed by atoms with E-state index in [0.717, 1.165) is 49.4 Å². The molecule has 27 heavy (non-hydrogen) atoms. The molecule has 2 aromatic heterocycles. The number of nitrogens with one attached hydrogen (secondary N) is 3. The number of hydrogen-bond acceptors (Lipinski definition) is 4. The molecule has 4 rings (SSSR count). The predicted molar refractivity (Wildman–Crippen MR) is 103 cm³/mol. The van der Waals surface area contributed by atoms with Crippen LogP contribution in [0.1, 0.15) is 47.4 Å². The summed E-state index contributed by atoms with van der Waals surface area (Å²) >= 11 is 0. The lowest BCUT2D eigenvalue weighted by atomic mass is 9.79. The summed E-state index contributed by atoms with van der Waals surface area (Å²) in [5.74, 6) is 0.431. The Hall–Kier alpha value is -2.41. The van der Waals surface area contributed by atoms with Crippen molar-refractivity contribution in [2.45, 2.75) is 45.1 Å². The third-order valence-corrected chi connectivity index (χ3v) is 6.00. The standard InChI is InChI=1S/C20H27N5O2/c1-12-16(13(2)24-23-12)5-4-8-22-20(27)19-15-9-14(10-21-11-15)17-6-3-7-18(26)25(17)19/h3,6-7,14-15,19,21H,4-5,8-11H2,1-2H3,(H,22,27)(H,23,24)/t14-,15+,19-/m1/s1.